The number of hydrogen-bond donors (Lipinski definition) is 1. The summed E-state index contributed by atoms with van der Waals surface area (Å²) >= 11 is 16.8. The molecule has 1 N–H and O–H groups in total. The zero-order valence-corrected chi connectivity index (χ0v) is 15.9. The Morgan fingerprint density at radius 1 is 1.20 bits per heavy atom. The van der Waals surface area contributed by atoms with E-state index in [9.17, 15) is 9.59 Å². The number of anilines is 1. The molecule has 11 heteroatoms. The summed E-state index contributed by atoms with van der Waals surface area (Å²) in [4.78, 5) is 31.4. The third kappa shape index (κ3) is 6.93. The van der Waals surface area contributed by atoms with Crippen LogP contribution in [0.3, 0.4) is 0 Å². The largest absolute Gasteiger partial charge is 0.479 e. The molecule has 0 spiro atoms. The molecule has 0 bridgehead atoms. The van der Waals surface area contributed by atoms with E-state index in [0.717, 1.165) is 0 Å². The predicted octanol–water partition coefficient (Wildman–Crippen LogP) is 3.03. The predicted molar refractivity (Wildman–Crippen MR) is 93.1 cm³/mol. The molecular formula is C14H16Cl3N3O5. The molecule has 0 radical (unpaired) electrons. The highest BCUT2D eigenvalue weighted by atomic mass is 35.5. The molecular weight excluding hydrogens is 397 g/mol. The maximum absolute atomic E-state index is 11.9. The van der Waals surface area contributed by atoms with Gasteiger partial charge in [-0.15, -0.1) is 0 Å². The van der Waals surface area contributed by atoms with Gasteiger partial charge in [0, 0.05) is 6.42 Å². The molecule has 8 nitrogen and oxygen atoms in total. The van der Waals surface area contributed by atoms with Gasteiger partial charge in [-0.2, -0.15) is 4.98 Å². The number of methoxy groups -OCH3 is 2. The summed E-state index contributed by atoms with van der Waals surface area (Å²) in [6, 6.07) is 0.0929. The minimum absolute atomic E-state index is 0.00116. The van der Waals surface area contributed by atoms with Crippen LogP contribution in [-0.2, 0) is 14.3 Å². The van der Waals surface area contributed by atoms with Crippen LogP contribution in [0.2, 0.25) is 0 Å². The summed E-state index contributed by atoms with van der Waals surface area (Å²) < 4.78 is 14.7. The van der Waals surface area contributed by atoms with Crippen molar-refractivity contribution < 1.29 is 23.8 Å². The van der Waals surface area contributed by atoms with Gasteiger partial charge in [0.25, 0.3) is 0 Å². The number of amides is 1. The fourth-order valence-electron chi connectivity index (χ4n) is 1.58. The minimum Gasteiger partial charge on any atom is -0.479 e. The summed E-state index contributed by atoms with van der Waals surface area (Å²) in [7, 11) is 2.79. The summed E-state index contributed by atoms with van der Waals surface area (Å²) in [5.41, 5.74) is 0.245. The SMILES string of the molecule is COc1ncc(NC(=O)CCC(=O)OC(C)C(Cl)=C(Cl)Cl)c(OC)n1. The van der Waals surface area contributed by atoms with Crippen molar-refractivity contribution in [1.82, 2.24) is 9.97 Å². The molecule has 1 heterocycles. The maximum atomic E-state index is 11.9. The third-order valence-corrected chi connectivity index (χ3v) is 3.88. The third-order valence-electron chi connectivity index (χ3n) is 2.78. The number of carbonyl (C=O) groups is 2. The highest BCUT2D eigenvalue weighted by Gasteiger charge is 2.17. The molecule has 0 aliphatic rings. The first-order valence-corrected chi connectivity index (χ1v) is 8.06. The smallest absolute Gasteiger partial charge is 0.319 e. The number of esters is 1. The number of nitrogens with zero attached hydrogens (tertiary/aromatic N) is 2. The molecule has 1 aromatic rings. The second-order valence-electron chi connectivity index (χ2n) is 4.57. The van der Waals surface area contributed by atoms with E-state index >= 15 is 0 Å². The molecule has 1 aromatic heterocycles. The number of carbonyl (C=O) groups excluding carboxylic acids is 2. The van der Waals surface area contributed by atoms with Gasteiger partial charge in [-0.05, 0) is 6.92 Å². The molecule has 0 saturated carbocycles. The lowest BCUT2D eigenvalue weighted by molar-refractivity contribution is -0.147. The van der Waals surface area contributed by atoms with Gasteiger partial charge in [0.1, 0.15) is 16.3 Å². The van der Waals surface area contributed by atoms with Gasteiger partial charge in [0.2, 0.25) is 11.8 Å². The normalized spacial score (nSPS) is 11.3. The van der Waals surface area contributed by atoms with Gasteiger partial charge in [0.15, 0.2) is 0 Å². The lowest BCUT2D eigenvalue weighted by Crippen LogP contribution is -2.19. The van der Waals surface area contributed by atoms with Crippen LogP contribution in [0.25, 0.3) is 0 Å². The molecule has 1 atom stereocenters. The monoisotopic (exact) mass is 411 g/mol. The first-order valence-electron chi connectivity index (χ1n) is 6.93. The van der Waals surface area contributed by atoms with Gasteiger partial charge in [-0.25, -0.2) is 4.98 Å². The van der Waals surface area contributed by atoms with Gasteiger partial charge in [-0.3, -0.25) is 9.59 Å². The van der Waals surface area contributed by atoms with Gasteiger partial charge >= 0.3 is 12.0 Å². The molecule has 1 unspecified atom stereocenters. The minimum atomic E-state index is -0.808. The zero-order valence-electron chi connectivity index (χ0n) is 13.6. The van der Waals surface area contributed by atoms with Crippen molar-refractivity contribution in [1.29, 1.82) is 0 Å². The van der Waals surface area contributed by atoms with Crippen molar-refractivity contribution >= 4 is 52.4 Å². The van der Waals surface area contributed by atoms with E-state index in [2.05, 4.69) is 15.3 Å². The number of aromatic nitrogens is 2. The van der Waals surface area contributed by atoms with Crippen LogP contribution in [-0.4, -0.2) is 42.2 Å². The number of hydrogen-bond acceptors (Lipinski definition) is 7. The van der Waals surface area contributed by atoms with Crippen molar-refractivity contribution in [2.24, 2.45) is 0 Å². The summed E-state index contributed by atoms with van der Waals surface area (Å²) in [6.45, 7) is 1.50. The zero-order chi connectivity index (χ0) is 19.0. The van der Waals surface area contributed by atoms with E-state index in [1.54, 1.807) is 0 Å². The molecule has 0 saturated heterocycles. The summed E-state index contributed by atoms with van der Waals surface area (Å²) in [5.74, 6) is -0.952. The van der Waals surface area contributed by atoms with E-state index in [1.807, 2.05) is 0 Å². The Hall–Kier alpha value is -1.77. The van der Waals surface area contributed by atoms with Gasteiger partial charge in [0.05, 0.1) is 31.9 Å². The lowest BCUT2D eigenvalue weighted by atomic mass is 10.3. The van der Waals surface area contributed by atoms with Crippen LogP contribution in [0.5, 0.6) is 11.9 Å². The van der Waals surface area contributed by atoms with Crippen molar-refractivity contribution in [2.75, 3.05) is 19.5 Å². The average Bonchev–Trinajstić information content (AvgIpc) is 2.59. The Labute approximate surface area is 159 Å². The molecule has 0 aromatic carbocycles. The Morgan fingerprint density at radius 3 is 2.44 bits per heavy atom. The van der Waals surface area contributed by atoms with Crippen LogP contribution >= 0.6 is 34.8 Å². The standard InChI is InChI=1S/C14H16Cl3N3O5/c1-7(11(15)12(16)17)25-10(22)5-4-9(21)19-8-6-18-14(24-3)20-13(8)23-2/h6-7H,4-5H2,1-3H3,(H,19,21). The van der Waals surface area contributed by atoms with Crippen LogP contribution in [0.1, 0.15) is 19.8 Å². The summed E-state index contributed by atoms with van der Waals surface area (Å²) in [6.07, 6.45) is 0.226. The Bertz CT molecular complexity index is 665. The second-order valence-corrected chi connectivity index (χ2v) is 5.92. The topological polar surface area (TPSA) is 99.6 Å². The van der Waals surface area contributed by atoms with Crippen molar-refractivity contribution in [2.45, 2.75) is 25.9 Å². The van der Waals surface area contributed by atoms with E-state index < -0.39 is 18.0 Å². The Kier molecular flexibility index (Phi) is 8.74. The van der Waals surface area contributed by atoms with E-state index in [-0.39, 0.29) is 39.9 Å². The number of halogens is 3. The van der Waals surface area contributed by atoms with Crippen LogP contribution in [0.15, 0.2) is 15.7 Å². The van der Waals surface area contributed by atoms with E-state index in [4.69, 9.17) is 49.0 Å². The van der Waals surface area contributed by atoms with Gasteiger partial charge < -0.3 is 19.5 Å². The number of nitrogens with one attached hydrogen (secondary N) is 1. The van der Waals surface area contributed by atoms with E-state index in [0.29, 0.717) is 0 Å². The number of rotatable bonds is 8. The Balaban J connectivity index is 2.55. The number of ether oxygens (including phenoxy) is 3. The second kappa shape index (κ2) is 10.3. The fourth-order valence-corrected chi connectivity index (χ4v) is 1.93. The highest BCUT2D eigenvalue weighted by Crippen LogP contribution is 2.24. The quantitative estimate of drug-likeness (QED) is 0.655. The van der Waals surface area contributed by atoms with E-state index in [1.165, 1.54) is 27.3 Å². The summed E-state index contributed by atoms with van der Waals surface area (Å²) in [5, 5.41) is 2.53. The fraction of sp³-hybridized carbons (Fsp3) is 0.429. The van der Waals surface area contributed by atoms with Crippen molar-refractivity contribution in [3.05, 3.63) is 15.7 Å². The van der Waals surface area contributed by atoms with Crippen LogP contribution in [0.4, 0.5) is 5.69 Å². The van der Waals surface area contributed by atoms with Crippen LogP contribution < -0.4 is 14.8 Å². The lowest BCUT2D eigenvalue weighted by Gasteiger charge is -2.13. The van der Waals surface area contributed by atoms with Gasteiger partial charge in [-0.1, -0.05) is 34.8 Å². The maximum Gasteiger partial charge on any atom is 0.319 e. The first kappa shape index (κ1) is 21.3. The Morgan fingerprint density at radius 2 is 1.88 bits per heavy atom. The molecule has 138 valence electrons. The highest BCUT2D eigenvalue weighted by molar-refractivity contribution is 6.59. The average molecular weight is 413 g/mol. The first-order chi connectivity index (χ1) is 11.8. The van der Waals surface area contributed by atoms with Crippen molar-refractivity contribution in [3.63, 3.8) is 0 Å². The molecule has 0 fully saturated rings. The van der Waals surface area contributed by atoms with Crippen molar-refractivity contribution in [3.8, 4) is 11.9 Å². The van der Waals surface area contributed by atoms with Crippen LogP contribution in [0, 0.1) is 0 Å². The molecule has 1 rings (SSSR count). The molecule has 0 aliphatic carbocycles. The molecule has 0 aliphatic heterocycles. The molecule has 1 amide bonds. The molecule has 25 heavy (non-hydrogen) atoms.